The molecule has 0 spiro atoms. The number of carbonyl (C=O) groups is 1. The van der Waals surface area contributed by atoms with Gasteiger partial charge in [0.1, 0.15) is 0 Å². The summed E-state index contributed by atoms with van der Waals surface area (Å²) in [5.41, 5.74) is 4.44. The molecule has 2 heteroatoms. The molecule has 0 aromatic heterocycles. The second-order valence-corrected chi connectivity index (χ2v) is 6.88. The minimum absolute atomic E-state index is 0.190. The Bertz CT molecular complexity index is 433. The topological polar surface area (TPSA) is 17.1 Å². The van der Waals surface area contributed by atoms with Crippen LogP contribution in [0.2, 0.25) is 0 Å². The van der Waals surface area contributed by atoms with Crippen LogP contribution in [0.1, 0.15) is 46.8 Å². The lowest BCUT2D eigenvalue weighted by Crippen LogP contribution is -2.30. The lowest BCUT2D eigenvalue weighted by molar-refractivity contribution is 0.0948. The van der Waals surface area contributed by atoms with E-state index in [1.807, 2.05) is 11.8 Å². The average molecular weight is 248 g/mol. The number of hydrogen-bond donors (Lipinski definition) is 0. The minimum Gasteiger partial charge on any atom is -0.293 e. The van der Waals surface area contributed by atoms with Crippen LogP contribution in [0.5, 0.6) is 0 Å². The number of ketones is 1. The van der Waals surface area contributed by atoms with Gasteiger partial charge in [0, 0.05) is 5.56 Å². The Morgan fingerprint density at radius 2 is 1.82 bits per heavy atom. The number of hydrogen-bond acceptors (Lipinski definition) is 2. The third-order valence-electron chi connectivity index (χ3n) is 3.60. The quantitative estimate of drug-likeness (QED) is 0.734. The molecule has 0 bridgehead atoms. The van der Waals surface area contributed by atoms with Gasteiger partial charge in [-0.15, -0.1) is 11.8 Å². The smallest absolute Gasteiger partial charge is 0.179 e. The second-order valence-electron chi connectivity index (χ2n) is 5.29. The zero-order chi connectivity index (χ0) is 12.6. The van der Waals surface area contributed by atoms with E-state index in [1.165, 1.54) is 5.56 Å². The van der Waals surface area contributed by atoms with Gasteiger partial charge in [-0.05, 0) is 57.4 Å². The normalized spacial score (nSPS) is 24.0. The van der Waals surface area contributed by atoms with Crippen molar-refractivity contribution in [2.75, 3.05) is 5.75 Å². The van der Waals surface area contributed by atoms with Crippen molar-refractivity contribution in [1.29, 1.82) is 0 Å². The first-order valence-electron chi connectivity index (χ1n) is 6.21. The van der Waals surface area contributed by atoms with Crippen LogP contribution in [0.25, 0.3) is 0 Å². The molecule has 0 saturated carbocycles. The minimum atomic E-state index is -0.190. The molecule has 1 heterocycles. The molecular formula is C15H20OS. The van der Waals surface area contributed by atoms with E-state index in [2.05, 4.69) is 39.8 Å². The van der Waals surface area contributed by atoms with Crippen LogP contribution < -0.4 is 0 Å². The zero-order valence-electron chi connectivity index (χ0n) is 11.1. The highest BCUT2D eigenvalue weighted by atomic mass is 32.2. The molecule has 1 unspecified atom stereocenters. The highest BCUT2D eigenvalue weighted by molar-refractivity contribution is 8.01. The maximum absolute atomic E-state index is 12.7. The Hall–Kier alpha value is -0.760. The van der Waals surface area contributed by atoms with Crippen LogP contribution in [0, 0.1) is 20.8 Å². The van der Waals surface area contributed by atoms with Crippen LogP contribution in [0.3, 0.4) is 0 Å². The Morgan fingerprint density at radius 3 is 2.29 bits per heavy atom. The fraction of sp³-hybridized carbons (Fsp3) is 0.533. The molecule has 17 heavy (non-hydrogen) atoms. The van der Waals surface area contributed by atoms with Crippen LogP contribution in [-0.2, 0) is 0 Å². The number of aryl methyl sites for hydroxylation is 3. The largest absolute Gasteiger partial charge is 0.293 e. The average Bonchev–Trinajstić information content (AvgIpc) is 2.64. The highest BCUT2D eigenvalue weighted by Gasteiger charge is 2.38. The van der Waals surface area contributed by atoms with E-state index < -0.39 is 0 Å². The Morgan fingerprint density at radius 1 is 1.24 bits per heavy atom. The lowest BCUT2D eigenvalue weighted by Gasteiger charge is -2.23. The number of rotatable bonds is 2. The molecule has 1 nitrogen and oxygen atoms in total. The molecule has 2 rings (SSSR count). The maximum atomic E-state index is 12.7. The van der Waals surface area contributed by atoms with Crippen molar-refractivity contribution in [3.63, 3.8) is 0 Å². The summed E-state index contributed by atoms with van der Waals surface area (Å²) < 4.78 is -0.190. The molecule has 1 aromatic carbocycles. The maximum Gasteiger partial charge on any atom is 0.179 e. The molecule has 0 amide bonds. The van der Waals surface area contributed by atoms with E-state index in [1.54, 1.807) is 0 Å². The molecule has 1 atom stereocenters. The molecule has 92 valence electrons. The van der Waals surface area contributed by atoms with Crippen molar-refractivity contribution in [3.05, 3.63) is 34.4 Å². The first-order valence-corrected chi connectivity index (χ1v) is 7.19. The van der Waals surface area contributed by atoms with Crippen molar-refractivity contribution >= 4 is 17.5 Å². The van der Waals surface area contributed by atoms with Crippen molar-refractivity contribution in [2.45, 2.75) is 45.3 Å². The lowest BCUT2D eigenvalue weighted by atomic mass is 9.88. The number of Topliss-reactive ketones (excluding diaryl/α,β-unsaturated/α-hetero) is 1. The van der Waals surface area contributed by atoms with Crippen LogP contribution in [-0.4, -0.2) is 16.3 Å². The number of thioether (sulfide) groups is 1. The summed E-state index contributed by atoms with van der Waals surface area (Å²) in [6.45, 7) is 8.29. The van der Waals surface area contributed by atoms with Gasteiger partial charge in [-0.25, -0.2) is 0 Å². The fourth-order valence-corrected chi connectivity index (χ4v) is 4.02. The number of carbonyl (C=O) groups excluding carboxylic acids is 1. The SMILES string of the molecule is Cc1cc(C)c(C(=O)C2(C)CCCS2)c(C)c1. The standard InChI is InChI=1S/C15H20OS/c1-10-8-11(2)13(12(3)9-10)14(16)15(4)6-5-7-17-15/h8-9H,5-7H2,1-4H3. The van der Waals surface area contributed by atoms with E-state index >= 15 is 0 Å². The van der Waals surface area contributed by atoms with Crippen LogP contribution in [0.15, 0.2) is 12.1 Å². The summed E-state index contributed by atoms with van der Waals surface area (Å²) in [4.78, 5) is 12.7. The predicted molar refractivity (Wildman–Crippen MR) is 75.1 cm³/mol. The molecular weight excluding hydrogens is 228 g/mol. The van der Waals surface area contributed by atoms with Gasteiger partial charge >= 0.3 is 0 Å². The first-order chi connectivity index (χ1) is 7.94. The van der Waals surface area contributed by atoms with Gasteiger partial charge in [-0.1, -0.05) is 17.7 Å². The van der Waals surface area contributed by atoms with Gasteiger partial charge in [-0.2, -0.15) is 0 Å². The highest BCUT2D eigenvalue weighted by Crippen LogP contribution is 2.41. The van der Waals surface area contributed by atoms with E-state index in [0.29, 0.717) is 5.78 Å². The van der Waals surface area contributed by atoms with Crippen molar-refractivity contribution in [2.24, 2.45) is 0 Å². The first kappa shape index (κ1) is 12.7. The number of benzene rings is 1. The molecule has 1 fully saturated rings. The molecule has 1 aliphatic heterocycles. The summed E-state index contributed by atoms with van der Waals surface area (Å²) in [5, 5.41) is 0. The van der Waals surface area contributed by atoms with E-state index in [-0.39, 0.29) is 4.75 Å². The van der Waals surface area contributed by atoms with Crippen LogP contribution in [0.4, 0.5) is 0 Å². The molecule has 0 aliphatic carbocycles. The van der Waals surface area contributed by atoms with Crippen molar-refractivity contribution in [3.8, 4) is 0 Å². The fourth-order valence-electron chi connectivity index (χ4n) is 2.76. The van der Waals surface area contributed by atoms with Gasteiger partial charge in [0.2, 0.25) is 0 Å². The third-order valence-corrected chi connectivity index (χ3v) is 5.12. The molecule has 1 aliphatic rings. The van der Waals surface area contributed by atoms with Gasteiger partial charge in [-0.3, -0.25) is 4.79 Å². The van der Waals surface area contributed by atoms with E-state index in [4.69, 9.17) is 0 Å². The molecule has 0 N–H and O–H groups in total. The Balaban J connectivity index is 2.44. The summed E-state index contributed by atoms with van der Waals surface area (Å²) in [6, 6.07) is 4.23. The molecule has 0 radical (unpaired) electrons. The van der Waals surface area contributed by atoms with Gasteiger partial charge in [0.15, 0.2) is 5.78 Å². The summed E-state index contributed by atoms with van der Waals surface area (Å²) >= 11 is 1.82. The van der Waals surface area contributed by atoms with Gasteiger partial charge in [0.05, 0.1) is 4.75 Å². The Kier molecular flexibility index (Phi) is 3.35. The summed E-state index contributed by atoms with van der Waals surface area (Å²) in [7, 11) is 0. The zero-order valence-corrected chi connectivity index (χ0v) is 11.9. The van der Waals surface area contributed by atoms with Gasteiger partial charge < -0.3 is 0 Å². The van der Waals surface area contributed by atoms with Crippen LogP contribution >= 0.6 is 11.8 Å². The summed E-state index contributed by atoms with van der Waals surface area (Å²) in [6.07, 6.45) is 2.18. The third kappa shape index (κ3) is 2.28. The monoisotopic (exact) mass is 248 g/mol. The predicted octanol–water partition coefficient (Wildman–Crippen LogP) is 4.08. The second kappa shape index (κ2) is 4.49. The Labute approximate surface area is 108 Å². The van der Waals surface area contributed by atoms with E-state index in [0.717, 1.165) is 35.3 Å². The van der Waals surface area contributed by atoms with E-state index in [9.17, 15) is 4.79 Å². The molecule has 1 aromatic rings. The van der Waals surface area contributed by atoms with Crippen molar-refractivity contribution < 1.29 is 4.79 Å². The summed E-state index contributed by atoms with van der Waals surface area (Å²) in [5.74, 6) is 1.45. The van der Waals surface area contributed by atoms with Crippen molar-refractivity contribution in [1.82, 2.24) is 0 Å². The van der Waals surface area contributed by atoms with Gasteiger partial charge in [0.25, 0.3) is 0 Å². The molecule has 1 saturated heterocycles.